The monoisotopic (exact) mass is 375 g/mol. The summed E-state index contributed by atoms with van der Waals surface area (Å²) in [6.45, 7) is 0.209. The standard InChI is InChI=1S/C21H17N3O4/c25-18-9-22-21(26)15-8-13-12-3-1-2-4-14(12)23-19(13)20(24(15)18)11-5-6-16-17(7-11)28-10-27-16/h1-7,15,20,23H,8-10H2,(H,22,26)/t15-,20?/m1/s1. The Morgan fingerprint density at radius 2 is 1.89 bits per heavy atom. The van der Waals surface area contributed by atoms with E-state index in [1.165, 1.54) is 0 Å². The van der Waals surface area contributed by atoms with E-state index < -0.39 is 6.04 Å². The number of H-pyrrole nitrogens is 1. The van der Waals surface area contributed by atoms with Crippen molar-refractivity contribution in [3.63, 3.8) is 0 Å². The Morgan fingerprint density at radius 1 is 1.04 bits per heavy atom. The van der Waals surface area contributed by atoms with Gasteiger partial charge in [-0.15, -0.1) is 0 Å². The number of benzene rings is 2. The predicted molar refractivity (Wildman–Crippen MR) is 100 cm³/mol. The van der Waals surface area contributed by atoms with Crippen LogP contribution >= 0.6 is 0 Å². The minimum absolute atomic E-state index is 0.0198. The highest BCUT2D eigenvalue weighted by molar-refractivity contribution is 5.97. The van der Waals surface area contributed by atoms with Crippen molar-refractivity contribution < 1.29 is 19.1 Å². The van der Waals surface area contributed by atoms with E-state index in [0.717, 1.165) is 27.7 Å². The van der Waals surface area contributed by atoms with Crippen molar-refractivity contribution in [1.82, 2.24) is 15.2 Å². The molecule has 1 fully saturated rings. The van der Waals surface area contributed by atoms with E-state index in [1.807, 2.05) is 36.4 Å². The molecule has 1 saturated heterocycles. The molecule has 7 nitrogen and oxygen atoms in total. The molecule has 0 bridgehead atoms. The fourth-order valence-corrected chi connectivity index (χ4v) is 4.60. The van der Waals surface area contributed by atoms with Crippen LogP contribution in [0.4, 0.5) is 0 Å². The predicted octanol–water partition coefficient (Wildman–Crippen LogP) is 1.87. The average Bonchev–Trinajstić information content (AvgIpc) is 3.33. The van der Waals surface area contributed by atoms with Gasteiger partial charge in [-0.25, -0.2) is 0 Å². The van der Waals surface area contributed by atoms with Gasteiger partial charge in [0.05, 0.1) is 12.6 Å². The van der Waals surface area contributed by atoms with Crippen molar-refractivity contribution in [2.75, 3.05) is 13.3 Å². The molecule has 0 spiro atoms. The van der Waals surface area contributed by atoms with Crippen LogP contribution in [0.25, 0.3) is 10.9 Å². The van der Waals surface area contributed by atoms with E-state index in [9.17, 15) is 9.59 Å². The molecule has 28 heavy (non-hydrogen) atoms. The number of ether oxygens (including phenoxy) is 2. The van der Waals surface area contributed by atoms with Crippen LogP contribution in [0.2, 0.25) is 0 Å². The van der Waals surface area contributed by atoms with E-state index in [-0.39, 0.29) is 31.2 Å². The minimum Gasteiger partial charge on any atom is -0.454 e. The van der Waals surface area contributed by atoms with E-state index in [2.05, 4.69) is 16.4 Å². The number of aromatic amines is 1. The lowest BCUT2D eigenvalue weighted by molar-refractivity contribution is -0.148. The summed E-state index contributed by atoms with van der Waals surface area (Å²) in [7, 11) is 0. The first-order valence-electron chi connectivity index (χ1n) is 9.28. The van der Waals surface area contributed by atoms with Crippen LogP contribution in [0.1, 0.15) is 22.9 Å². The van der Waals surface area contributed by atoms with Gasteiger partial charge in [-0.05, 0) is 29.3 Å². The number of piperazine rings is 1. The average molecular weight is 375 g/mol. The summed E-state index contributed by atoms with van der Waals surface area (Å²) in [4.78, 5) is 30.7. The molecule has 0 radical (unpaired) electrons. The van der Waals surface area contributed by atoms with Gasteiger partial charge in [-0.2, -0.15) is 0 Å². The van der Waals surface area contributed by atoms with Crippen LogP contribution < -0.4 is 14.8 Å². The van der Waals surface area contributed by atoms with Crippen molar-refractivity contribution >= 4 is 22.7 Å². The van der Waals surface area contributed by atoms with Crippen LogP contribution in [-0.4, -0.2) is 41.1 Å². The van der Waals surface area contributed by atoms with Crippen molar-refractivity contribution in [2.24, 2.45) is 0 Å². The number of fused-ring (bicyclic) bond motifs is 5. The van der Waals surface area contributed by atoms with Gasteiger partial charge in [0.25, 0.3) is 0 Å². The van der Waals surface area contributed by atoms with Crippen LogP contribution in [0.3, 0.4) is 0 Å². The number of aromatic nitrogens is 1. The fourth-order valence-electron chi connectivity index (χ4n) is 4.60. The number of rotatable bonds is 1. The summed E-state index contributed by atoms with van der Waals surface area (Å²) in [5, 5.41) is 3.82. The lowest BCUT2D eigenvalue weighted by Gasteiger charge is -2.44. The van der Waals surface area contributed by atoms with Gasteiger partial charge < -0.3 is 24.7 Å². The van der Waals surface area contributed by atoms with E-state index in [1.54, 1.807) is 4.90 Å². The van der Waals surface area contributed by atoms with Crippen molar-refractivity contribution in [1.29, 1.82) is 0 Å². The Labute approximate surface area is 160 Å². The molecule has 0 aliphatic carbocycles. The largest absolute Gasteiger partial charge is 0.454 e. The Kier molecular flexibility index (Phi) is 3.06. The van der Waals surface area contributed by atoms with Crippen LogP contribution in [0.5, 0.6) is 11.5 Å². The number of nitrogens with zero attached hydrogens (tertiary/aromatic N) is 1. The van der Waals surface area contributed by atoms with E-state index >= 15 is 0 Å². The molecule has 1 unspecified atom stereocenters. The number of carbonyl (C=O) groups excluding carboxylic acids is 2. The number of hydrogen-bond acceptors (Lipinski definition) is 4. The first-order valence-corrected chi connectivity index (χ1v) is 9.28. The van der Waals surface area contributed by atoms with Gasteiger partial charge in [0.1, 0.15) is 6.04 Å². The smallest absolute Gasteiger partial charge is 0.243 e. The zero-order chi connectivity index (χ0) is 18.8. The molecule has 1 aromatic heterocycles. The van der Waals surface area contributed by atoms with Crippen LogP contribution in [0, 0.1) is 0 Å². The Morgan fingerprint density at radius 3 is 2.82 bits per heavy atom. The molecule has 7 heteroatoms. The molecule has 2 amide bonds. The molecule has 2 aromatic carbocycles. The van der Waals surface area contributed by atoms with Crippen molar-refractivity contribution in [3.05, 3.63) is 59.3 Å². The molecule has 2 atom stereocenters. The maximum absolute atomic E-state index is 12.9. The Bertz CT molecular complexity index is 1150. The number of carbonyl (C=O) groups is 2. The molecule has 6 rings (SSSR count). The summed E-state index contributed by atoms with van der Waals surface area (Å²) < 4.78 is 11.0. The Balaban J connectivity index is 1.60. The summed E-state index contributed by atoms with van der Waals surface area (Å²) in [6.07, 6.45) is 0.498. The topological polar surface area (TPSA) is 83.7 Å². The maximum Gasteiger partial charge on any atom is 0.243 e. The first-order chi connectivity index (χ1) is 13.7. The summed E-state index contributed by atoms with van der Waals surface area (Å²) >= 11 is 0. The summed E-state index contributed by atoms with van der Waals surface area (Å²) in [6, 6.07) is 12.8. The molecule has 0 saturated carbocycles. The second-order valence-corrected chi connectivity index (χ2v) is 7.32. The SMILES string of the molecule is O=C1NCC(=O)N2C(c3ccc4c(c3)OCO4)c3[nH]c4ccccc4c3C[C@H]12. The highest BCUT2D eigenvalue weighted by Crippen LogP contribution is 2.44. The van der Waals surface area contributed by atoms with Gasteiger partial charge in [0.15, 0.2) is 11.5 Å². The van der Waals surface area contributed by atoms with Gasteiger partial charge >= 0.3 is 0 Å². The summed E-state index contributed by atoms with van der Waals surface area (Å²) in [5.74, 6) is 1.15. The molecular formula is C21H17N3O4. The van der Waals surface area contributed by atoms with Crippen LogP contribution in [0.15, 0.2) is 42.5 Å². The second kappa shape index (κ2) is 5.51. The normalized spacial score (nSPS) is 22.8. The molecule has 3 aromatic rings. The fraction of sp³-hybridized carbons (Fsp3) is 0.238. The van der Waals surface area contributed by atoms with E-state index in [4.69, 9.17) is 9.47 Å². The lowest BCUT2D eigenvalue weighted by Crippen LogP contribution is -2.61. The Hall–Kier alpha value is -3.48. The van der Waals surface area contributed by atoms with Gasteiger partial charge in [0, 0.05) is 23.0 Å². The number of hydrogen-bond donors (Lipinski definition) is 2. The minimum atomic E-state index is -0.525. The second-order valence-electron chi connectivity index (χ2n) is 7.32. The lowest BCUT2D eigenvalue weighted by atomic mass is 9.86. The van der Waals surface area contributed by atoms with Crippen LogP contribution in [-0.2, 0) is 16.0 Å². The number of para-hydroxylation sites is 1. The molecule has 3 aliphatic heterocycles. The number of amides is 2. The highest BCUT2D eigenvalue weighted by atomic mass is 16.7. The highest BCUT2D eigenvalue weighted by Gasteiger charge is 2.45. The quantitative estimate of drug-likeness (QED) is 0.680. The van der Waals surface area contributed by atoms with Gasteiger partial charge in [-0.1, -0.05) is 24.3 Å². The molecular weight excluding hydrogens is 358 g/mol. The number of nitrogens with one attached hydrogen (secondary N) is 2. The van der Waals surface area contributed by atoms with Gasteiger partial charge in [0.2, 0.25) is 18.6 Å². The zero-order valence-electron chi connectivity index (χ0n) is 14.9. The van der Waals surface area contributed by atoms with Crippen molar-refractivity contribution in [3.8, 4) is 11.5 Å². The van der Waals surface area contributed by atoms with Gasteiger partial charge in [-0.3, -0.25) is 9.59 Å². The molecule has 3 aliphatic rings. The first kappa shape index (κ1) is 15.6. The molecule has 2 N–H and O–H groups in total. The van der Waals surface area contributed by atoms with Crippen molar-refractivity contribution in [2.45, 2.75) is 18.5 Å². The zero-order valence-corrected chi connectivity index (χ0v) is 14.9. The molecule has 4 heterocycles. The third-order valence-electron chi connectivity index (χ3n) is 5.85. The van der Waals surface area contributed by atoms with E-state index in [0.29, 0.717) is 17.9 Å². The molecule has 140 valence electrons. The third-order valence-corrected chi connectivity index (χ3v) is 5.85. The maximum atomic E-state index is 12.9. The summed E-state index contributed by atoms with van der Waals surface area (Å²) in [5.41, 5.74) is 3.94. The third kappa shape index (κ3) is 2.04.